The first kappa shape index (κ1) is 18.8. The predicted octanol–water partition coefficient (Wildman–Crippen LogP) is 4.25. The summed E-state index contributed by atoms with van der Waals surface area (Å²) in [7, 11) is 1.61. The van der Waals surface area contributed by atoms with Gasteiger partial charge in [-0.3, -0.25) is 9.36 Å². The van der Waals surface area contributed by atoms with Gasteiger partial charge in [0.1, 0.15) is 11.6 Å². The van der Waals surface area contributed by atoms with E-state index < -0.39 is 5.82 Å². The van der Waals surface area contributed by atoms with E-state index in [-0.39, 0.29) is 11.5 Å². The van der Waals surface area contributed by atoms with E-state index in [0.29, 0.717) is 23.1 Å². The Bertz CT molecular complexity index is 954. The number of allylic oxidation sites excluding steroid dienone is 1. The SMILES string of the molecule is C=CCn1c(SCC(=O)c2cccc(F)c2)nnc1-c1ccc(OC)cc1. The molecular weight excluding hydrogens is 365 g/mol. The number of aromatic nitrogens is 3. The van der Waals surface area contributed by atoms with Crippen molar-refractivity contribution in [3.63, 3.8) is 0 Å². The average molecular weight is 383 g/mol. The van der Waals surface area contributed by atoms with Gasteiger partial charge in [-0.05, 0) is 36.4 Å². The van der Waals surface area contributed by atoms with Gasteiger partial charge in [0.15, 0.2) is 16.8 Å². The van der Waals surface area contributed by atoms with E-state index in [2.05, 4.69) is 16.8 Å². The lowest BCUT2D eigenvalue weighted by Gasteiger charge is -2.08. The molecule has 27 heavy (non-hydrogen) atoms. The van der Waals surface area contributed by atoms with E-state index >= 15 is 0 Å². The molecule has 0 bridgehead atoms. The van der Waals surface area contributed by atoms with Crippen molar-refractivity contribution >= 4 is 17.5 Å². The Labute approximate surface area is 160 Å². The highest BCUT2D eigenvalue weighted by Crippen LogP contribution is 2.26. The quantitative estimate of drug-likeness (QED) is 0.331. The largest absolute Gasteiger partial charge is 0.497 e. The highest BCUT2D eigenvalue weighted by atomic mass is 32.2. The van der Waals surface area contributed by atoms with E-state index in [9.17, 15) is 9.18 Å². The first-order valence-electron chi connectivity index (χ1n) is 8.22. The lowest BCUT2D eigenvalue weighted by atomic mass is 10.1. The smallest absolute Gasteiger partial charge is 0.192 e. The molecule has 0 aliphatic rings. The van der Waals surface area contributed by atoms with Crippen molar-refractivity contribution in [2.75, 3.05) is 12.9 Å². The second-order valence-electron chi connectivity index (χ2n) is 5.66. The van der Waals surface area contributed by atoms with Crippen molar-refractivity contribution in [3.05, 3.63) is 72.6 Å². The molecule has 5 nitrogen and oxygen atoms in total. The third-order valence-electron chi connectivity index (χ3n) is 3.86. The van der Waals surface area contributed by atoms with Gasteiger partial charge in [0, 0.05) is 17.7 Å². The Morgan fingerprint density at radius 2 is 2.04 bits per heavy atom. The summed E-state index contributed by atoms with van der Waals surface area (Å²) >= 11 is 1.26. The van der Waals surface area contributed by atoms with E-state index in [1.807, 2.05) is 28.8 Å². The number of benzene rings is 2. The number of methoxy groups -OCH3 is 1. The molecule has 0 amide bonds. The fourth-order valence-corrected chi connectivity index (χ4v) is 3.36. The van der Waals surface area contributed by atoms with Crippen molar-refractivity contribution in [1.82, 2.24) is 14.8 Å². The molecule has 7 heteroatoms. The molecular formula is C20H18FN3O2S. The summed E-state index contributed by atoms with van der Waals surface area (Å²) in [5.74, 6) is 0.977. The van der Waals surface area contributed by atoms with Crippen LogP contribution in [0.4, 0.5) is 4.39 Å². The summed E-state index contributed by atoms with van der Waals surface area (Å²) in [6, 6.07) is 13.2. The van der Waals surface area contributed by atoms with Crippen molar-refractivity contribution in [3.8, 4) is 17.1 Å². The number of halogens is 1. The molecule has 138 valence electrons. The third-order valence-corrected chi connectivity index (χ3v) is 4.82. The topological polar surface area (TPSA) is 57.0 Å². The Morgan fingerprint density at radius 3 is 2.70 bits per heavy atom. The van der Waals surface area contributed by atoms with Crippen molar-refractivity contribution < 1.29 is 13.9 Å². The number of nitrogens with zero attached hydrogens (tertiary/aromatic N) is 3. The summed E-state index contributed by atoms with van der Waals surface area (Å²) in [6.45, 7) is 4.28. The van der Waals surface area contributed by atoms with Gasteiger partial charge in [-0.25, -0.2) is 4.39 Å². The fraction of sp³-hybridized carbons (Fsp3) is 0.150. The first-order chi connectivity index (χ1) is 13.1. The van der Waals surface area contributed by atoms with Gasteiger partial charge in [0.2, 0.25) is 0 Å². The maximum atomic E-state index is 13.3. The monoisotopic (exact) mass is 383 g/mol. The minimum absolute atomic E-state index is 0.140. The second-order valence-corrected chi connectivity index (χ2v) is 6.60. The van der Waals surface area contributed by atoms with Crippen LogP contribution in [-0.4, -0.2) is 33.4 Å². The number of ketones is 1. The molecule has 1 aromatic heterocycles. The zero-order valence-electron chi connectivity index (χ0n) is 14.8. The number of Topliss-reactive ketones (excluding diaryl/α,β-unsaturated/α-hetero) is 1. The highest BCUT2D eigenvalue weighted by Gasteiger charge is 2.16. The van der Waals surface area contributed by atoms with Crippen LogP contribution in [0, 0.1) is 5.82 Å². The molecule has 0 spiro atoms. The lowest BCUT2D eigenvalue weighted by Crippen LogP contribution is -2.05. The number of thioether (sulfide) groups is 1. The number of hydrogen-bond acceptors (Lipinski definition) is 5. The summed E-state index contributed by atoms with van der Waals surface area (Å²) in [5, 5.41) is 9.07. The van der Waals surface area contributed by atoms with Gasteiger partial charge < -0.3 is 4.74 Å². The van der Waals surface area contributed by atoms with Gasteiger partial charge >= 0.3 is 0 Å². The molecule has 0 unspecified atom stereocenters. The van der Waals surface area contributed by atoms with E-state index in [1.54, 1.807) is 19.3 Å². The zero-order valence-corrected chi connectivity index (χ0v) is 15.6. The van der Waals surface area contributed by atoms with Crippen LogP contribution in [0.1, 0.15) is 10.4 Å². The van der Waals surface area contributed by atoms with Crippen molar-refractivity contribution in [2.45, 2.75) is 11.7 Å². The van der Waals surface area contributed by atoms with E-state index in [0.717, 1.165) is 11.3 Å². The maximum Gasteiger partial charge on any atom is 0.192 e. The molecule has 0 aliphatic heterocycles. The molecule has 0 fully saturated rings. The van der Waals surface area contributed by atoms with Crippen LogP contribution in [-0.2, 0) is 6.54 Å². The van der Waals surface area contributed by atoms with Gasteiger partial charge in [0.25, 0.3) is 0 Å². The molecule has 0 saturated heterocycles. The molecule has 0 radical (unpaired) electrons. The van der Waals surface area contributed by atoms with Gasteiger partial charge in [0.05, 0.1) is 12.9 Å². The number of ether oxygens (including phenoxy) is 1. The molecule has 0 N–H and O–H groups in total. The minimum atomic E-state index is -0.428. The predicted molar refractivity (Wildman–Crippen MR) is 104 cm³/mol. The molecule has 3 rings (SSSR count). The molecule has 1 heterocycles. The van der Waals surface area contributed by atoms with Crippen molar-refractivity contribution in [1.29, 1.82) is 0 Å². The van der Waals surface area contributed by atoms with Crippen LogP contribution in [0.2, 0.25) is 0 Å². The normalized spacial score (nSPS) is 10.6. The van der Waals surface area contributed by atoms with Gasteiger partial charge in [-0.15, -0.1) is 16.8 Å². The van der Waals surface area contributed by atoms with Crippen molar-refractivity contribution in [2.24, 2.45) is 0 Å². The first-order valence-corrected chi connectivity index (χ1v) is 9.21. The molecule has 0 aliphatic carbocycles. The summed E-state index contributed by atoms with van der Waals surface area (Å²) in [5.41, 5.74) is 1.22. The summed E-state index contributed by atoms with van der Waals surface area (Å²) in [4.78, 5) is 12.3. The van der Waals surface area contributed by atoms with Gasteiger partial charge in [-0.2, -0.15) is 0 Å². The number of hydrogen-bond donors (Lipinski definition) is 0. The fourth-order valence-electron chi connectivity index (χ4n) is 2.52. The Morgan fingerprint density at radius 1 is 1.26 bits per heavy atom. The van der Waals surface area contributed by atoms with Crippen LogP contribution in [0.25, 0.3) is 11.4 Å². The number of carbonyl (C=O) groups excluding carboxylic acids is 1. The average Bonchev–Trinajstić information content (AvgIpc) is 3.09. The molecule has 0 atom stereocenters. The lowest BCUT2D eigenvalue weighted by molar-refractivity contribution is 0.102. The highest BCUT2D eigenvalue weighted by molar-refractivity contribution is 7.99. The van der Waals surface area contributed by atoms with Crippen LogP contribution in [0.5, 0.6) is 5.75 Å². The summed E-state index contributed by atoms with van der Waals surface area (Å²) in [6.07, 6.45) is 1.74. The molecule has 2 aromatic carbocycles. The van der Waals surface area contributed by atoms with Crippen LogP contribution >= 0.6 is 11.8 Å². The van der Waals surface area contributed by atoms with Crippen LogP contribution < -0.4 is 4.74 Å². The molecule has 0 saturated carbocycles. The standard InChI is InChI=1S/C20H18FN3O2S/c1-3-11-24-19(14-7-9-17(26-2)10-8-14)22-23-20(24)27-13-18(25)15-5-4-6-16(21)12-15/h3-10,12H,1,11,13H2,2H3. The van der Waals surface area contributed by atoms with Crippen LogP contribution in [0.15, 0.2) is 66.3 Å². The Balaban J connectivity index is 1.80. The number of rotatable bonds is 8. The van der Waals surface area contributed by atoms with Crippen LogP contribution in [0.3, 0.4) is 0 Å². The minimum Gasteiger partial charge on any atom is -0.497 e. The maximum absolute atomic E-state index is 13.3. The Hall–Kier alpha value is -2.93. The number of carbonyl (C=O) groups is 1. The van der Waals surface area contributed by atoms with E-state index in [1.165, 1.54) is 30.0 Å². The zero-order chi connectivity index (χ0) is 19.2. The molecule has 3 aromatic rings. The third kappa shape index (κ3) is 4.43. The van der Waals surface area contributed by atoms with E-state index in [4.69, 9.17) is 4.74 Å². The second kappa shape index (κ2) is 8.64. The Kier molecular flexibility index (Phi) is 6.03. The van der Waals surface area contributed by atoms with Gasteiger partial charge in [-0.1, -0.05) is 30.0 Å². The summed E-state index contributed by atoms with van der Waals surface area (Å²) < 4.78 is 20.4.